The fraction of sp³-hybridized carbons (Fsp3) is 0.350. The summed E-state index contributed by atoms with van der Waals surface area (Å²) in [6.07, 6.45) is 0. The molecule has 1 aliphatic heterocycles. The van der Waals surface area contributed by atoms with Crippen molar-refractivity contribution in [2.75, 3.05) is 33.9 Å². The maximum Gasteiger partial charge on any atom is 0.237 e. The van der Waals surface area contributed by atoms with Crippen molar-refractivity contribution in [2.45, 2.75) is 13.1 Å². The molecule has 7 heteroatoms. The number of methoxy groups -OCH3 is 2. The van der Waals surface area contributed by atoms with E-state index in [4.69, 9.17) is 9.47 Å². The first kappa shape index (κ1) is 19.1. The molecule has 1 heterocycles. The topological polar surface area (TPSA) is 42.0 Å². The van der Waals surface area contributed by atoms with Gasteiger partial charge in [0, 0.05) is 43.9 Å². The van der Waals surface area contributed by atoms with E-state index >= 15 is 0 Å². The molecule has 0 unspecified atom stereocenters. The number of hydrogen-bond donors (Lipinski definition) is 0. The van der Waals surface area contributed by atoms with Crippen LogP contribution in [0, 0.1) is 11.6 Å². The van der Waals surface area contributed by atoms with Gasteiger partial charge in [-0.1, -0.05) is 12.1 Å². The van der Waals surface area contributed by atoms with Crippen LogP contribution in [-0.4, -0.2) is 49.6 Å². The van der Waals surface area contributed by atoms with Crippen LogP contribution in [0.5, 0.6) is 11.5 Å². The van der Waals surface area contributed by atoms with E-state index in [1.54, 1.807) is 16.9 Å². The molecule has 2 aromatic rings. The zero-order valence-electron chi connectivity index (χ0n) is 15.4. The number of carbonyl (C=O) groups is 1. The predicted molar refractivity (Wildman–Crippen MR) is 96.6 cm³/mol. The van der Waals surface area contributed by atoms with Crippen molar-refractivity contribution < 1.29 is 23.0 Å². The molecule has 144 valence electrons. The van der Waals surface area contributed by atoms with Gasteiger partial charge in [-0.3, -0.25) is 9.69 Å². The number of benzene rings is 2. The summed E-state index contributed by atoms with van der Waals surface area (Å²) in [5, 5.41) is 0. The van der Waals surface area contributed by atoms with Crippen molar-refractivity contribution >= 4 is 5.91 Å². The highest BCUT2D eigenvalue weighted by atomic mass is 19.1. The monoisotopic (exact) mass is 376 g/mol. The van der Waals surface area contributed by atoms with Gasteiger partial charge in [-0.05, 0) is 17.7 Å². The van der Waals surface area contributed by atoms with Gasteiger partial charge in [0.1, 0.15) is 23.1 Å². The van der Waals surface area contributed by atoms with Crippen LogP contribution in [0.1, 0.15) is 11.1 Å². The Hall–Kier alpha value is -2.67. The lowest BCUT2D eigenvalue weighted by Gasteiger charge is -2.34. The van der Waals surface area contributed by atoms with Crippen molar-refractivity contribution in [3.05, 3.63) is 59.2 Å². The Kier molecular flexibility index (Phi) is 5.91. The van der Waals surface area contributed by atoms with Gasteiger partial charge in [-0.2, -0.15) is 0 Å². The molecule has 2 aromatic carbocycles. The number of halogens is 2. The fourth-order valence-corrected chi connectivity index (χ4v) is 3.08. The van der Waals surface area contributed by atoms with Crippen molar-refractivity contribution in [3.8, 4) is 11.5 Å². The second kappa shape index (κ2) is 8.35. The minimum Gasteiger partial charge on any atom is -0.497 e. The van der Waals surface area contributed by atoms with E-state index in [-0.39, 0.29) is 30.3 Å². The quantitative estimate of drug-likeness (QED) is 0.778. The van der Waals surface area contributed by atoms with E-state index in [1.165, 1.54) is 7.11 Å². The van der Waals surface area contributed by atoms with Crippen LogP contribution >= 0.6 is 0 Å². The Labute approximate surface area is 157 Å². The lowest BCUT2D eigenvalue weighted by atomic mass is 10.1. The summed E-state index contributed by atoms with van der Waals surface area (Å²) in [6, 6.07) is 9.85. The summed E-state index contributed by atoms with van der Waals surface area (Å²) in [5.41, 5.74) is 0.956. The van der Waals surface area contributed by atoms with Crippen molar-refractivity contribution in [2.24, 2.45) is 0 Å². The molecule has 1 amide bonds. The van der Waals surface area contributed by atoms with Gasteiger partial charge in [-0.15, -0.1) is 0 Å². The average Bonchev–Trinajstić information content (AvgIpc) is 2.67. The van der Waals surface area contributed by atoms with Gasteiger partial charge in [-0.25, -0.2) is 8.78 Å². The summed E-state index contributed by atoms with van der Waals surface area (Å²) >= 11 is 0. The van der Waals surface area contributed by atoms with Gasteiger partial charge in [0.2, 0.25) is 5.91 Å². The molecular weight excluding hydrogens is 354 g/mol. The SMILES string of the molecule is COc1ccc(CN2CCN(Cc3c(F)cc(OC)cc3F)CC2=O)cc1. The molecule has 0 saturated carbocycles. The third kappa shape index (κ3) is 4.54. The molecule has 0 aromatic heterocycles. The molecule has 1 fully saturated rings. The van der Waals surface area contributed by atoms with Crippen LogP contribution in [0.4, 0.5) is 8.78 Å². The summed E-state index contributed by atoms with van der Waals surface area (Å²) in [4.78, 5) is 15.9. The molecular formula is C20H22F2N2O3. The van der Waals surface area contributed by atoms with Gasteiger partial charge in [0.15, 0.2) is 0 Å². The van der Waals surface area contributed by atoms with E-state index < -0.39 is 11.6 Å². The smallest absolute Gasteiger partial charge is 0.237 e. The summed E-state index contributed by atoms with van der Waals surface area (Å²) < 4.78 is 38.2. The van der Waals surface area contributed by atoms with E-state index in [1.807, 2.05) is 24.3 Å². The van der Waals surface area contributed by atoms with E-state index in [0.29, 0.717) is 19.6 Å². The number of carbonyl (C=O) groups excluding carboxylic acids is 1. The van der Waals surface area contributed by atoms with E-state index in [2.05, 4.69) is 0 Å². The van der Waals surface area contributed by atoms with Gasteiger partial charge >= 0.3 is 0 Å². The minimum atomic E-state index is -0.667. The molecule has 0 spiro atoms. The van der Waals surface area contributed by atoms with Crippen LogP contribution in [-0.2, 0) is 17.9 Å². The van der Waals surface area contributed by atoms with Gasteiger partial charge in [0.25, 0.3) is 0 Å². The normalized spacial score (nSPS) is 15.1. The molecule has 0 atom stereocenters. The van der Waals surface area contributed by atoms with Crippen molar-refractivity contribution in [1.29, 1.82) is 0 Å². The Morgan fingerprint density at radius 2 is 1.56 bits per heavy atom. The molecule has 1 saturated heterocycles. The summed E-state index contributed by atoms with van der Waals surface area (Å²) in [5.74, 6) is -0.501. The summed E-state index contributed by atoms with van der Waals surface area (Å²) in [6.45, 7) is 1.73. The number of rotatable bonds is 6. The van der Waals surface area contributed by atoms with Crippen LogP contribution < -0.4 is 9.47 Å². The Balaban J connectivity index is 1.61. The minimum absolute atomic E-state index is 0.0454. The molecule has 0 aliphatic carbocycles. The molecule has 1 aliphatic rings. The number of hydrogen-bond acceptors (Lipinski definition) is 4. The zero-order chi connectivity index (χ0) is 19.4. The van der Waals surface area contributed by atoms with Gasteiger partial charge in [0.05, 0.1) is 20.8 Å². The number of piperazine rings is 1. The van der Waals surface area contributed by atoms with Crippen LogP contribution in [0.2, 0.25) is 0 Å². The molecule has 3 rings (SSSR count). The zero-order valence-corrected chi connectivity index (χ0v) is 15.4. The molecule has 0 bridgehead atoms. The fourth-order valence-electron chi connectivity index (χ4n) is 3.08. The highest BCUT2D eigenvalue weighted by Gasteiger charge is 2.25. The Morgan fingerprint density at radius 3 is 2.11 bits per heavy atom. The highest BCUT2D eigenvalue weighted by molar-refractivity contribution is 5.79. The van der Waals surface area contributed by atoms with E-state index in [0.717, 1.165) is 23.4 Å². The summed E-state index contributed by atoms with van der Waals surface area (Å²) in [7, 11) is 2.96. The maximum atomic E-state index is 14.1. The number of ether oxygens (including phenoxy) is 2. The second-order valence-electron chi connectivity index (χ2n) is 6.44. The van der Waals surface area contributed by atoms with Crippen LogP contribution in [0.3, 0.4) is 0 Å². The van der Waals surface area contributed by atoms with Crippen LogP contribution in [0.15, 0.2) is 36.4 Å². The average molecular weight is 376 g/mol. The van der Waals surface area contributed by atoms with Gasteiger partial charge < -0.3 is 14.4 Å². The first-order chi connectivity index (χ1) is 13.0. The highest BCUT2D eigenvalue weighted by Crippen LogP contribution is 2.23. The molecule has 27 heavy (non-hydrogen) atoms. The third-order valence-corrected chi connectivity index (χ3v) is 4.66. The van der Waals surface area contributed by atoms with Crippen molar-refractivity contribution in [3.63, 3.8) is 0 Å². The standard InChI is InChI=1S/C20H22F2N2O3/c1-26-15-5-3-14(4-6-15)11-24-8-7-23(13-20(24)25)12-17-18(21)9-16(27-2)10-19(17)22/h3-6,9-10H,7-8,11-13H2,1-2H3. The third-order valence-electron chi connectivity index (χ3n) is 4.66. The molecule has 0 radical (unpaired) electrons. The Morgan fingerprint density at radius 1 is 0.926 bits per heavy atom. The lowest BCUT2D eigenvalue weighted by Crippen LogP contribution is -2.49. The maximum absolute atomic E-state index is 14.1. The predicted octanol–water partition coefficient (Wildman–Crippen LogP) is 2.83. The molecule has 5 nitrogen and oxygen atoms in total. The molecule has 0 N–H and O–H groups in total. The second-order valence-corrected chi connectivity index (χ2v) is 6.44. The van der Waals surface area contributed by atoms with E-state index in [9.17, 15) is 13.6 Å². The first-order valence-corrected chi connectivity index (χ1v) is 8.65. The van der Waals surface area contributed by atoms with Crippen molar-refractivity contribution in [1.82, 2.24) is 9.80 Å². The lowest BCUT2D eigenvalue weighted by molar-refractivity contribution is -0.136. The number of amides is 1. The first-order valence-electron chi connectivity index (χ1n) is 8.65. The van der Waals surface area contributed by atoms with Crippen LogP contribution in [0.25, 0.3) is 0 Å². The Bertz CT molecular complexity index is 788. The number of nitrogens with zero attached hydrogens (tertiary/aromatic N) is 2. The largest absolute Gasteiger partial charge is 0.497 e.